The van der Waals surface area contributed by atoms with Gasteiger partial charge in [-0.15, -0.1) is 0 Å². The summed E-state index contributed by atoms with van der Waals surface area (Å²) in [7, 11) is 0. The van der Waals surface area contributed by atoms with Crippen LogP contribution in [-0.4, -0.2) is 27.5 Å². The first kappa shape index (κ1) is 14.0. The Kier molecular flexibility index (Phi) is 3.98. The Morgan fingerprint density at radius 3 is 2.60 bits per heavy atom. The summed E-state index contributed by atoms with van der Waals surface area (Å²) in [6, 6.07) is 3.81. The SMILES string of the molecule is CCNC(=O)c1ncc(-c2ccc(C)nc2)c(C)c1O. The van der Waals surface area contributed by atoms with Gasteiger partial charge in [-0.2, -0.15) is 0 Å². The molecule has 20 heavy (non-hydrogen) atoms. The summed E-state index contributed by atoms with van der Waals surface area (Å²) in [6.45, 7) is 5.97. The van der Waals surface area contributed by atoms with Gasteiger partial charge in [0.1, 0.15) is 5.75 Å². The number of hydrogen-bond acceptors (Lipinski definition) is 4. The van der Waals surface area contributed by atoms with Crippen LogP contribution in [0.5, 0.6) is 5.75 Å². The van der Waals surface area contributed by atoms with E-state index in [0.29, 0.717) is 12.1 Å². The number of nitrogens with one attached hydrogen (secondary N) is 1. The fourth-order valence-corrected chi connectivity index (χ4v) is 1.92. The molecule has 0 saturated heterocycles. The number of nitrogens with zero attached hydrogens (tertiary/aromatic N) is 2. The van der Waals surface area contributed by atoms with Crippen LogP contribution in [0, 0.1) is 13.8 Å². The lowest BCUT2D eigenvalue weighted by Gasteiger charge is -2.11. The van der Waals surface area contributed by atoms with Crippen molar-refractivity contribution in [3.8, 4) is 16.9 Å². The number of hydrogen-bond donors (Lipinski definition) is 2. The maximum absolute atomic E-state index is 11.8. The minimum atomic E-state index is -0.373. The van der Waals surface area contributed by atoms with E-state index in [0.717, 1.165) is 16.8 Å². The number of aryl methyl sites for hydroxylation is 1. The number of aromatic nitrogens is 2. The van der Waals surface area contributed by atoms with Crippen molar-refractivity contribution < 1.29 is 9.90 Å². The lowest BCUT2D eigenvalue weighted by Crippen LogP contribution is -2.24. The minimum Gasteiger partial charge on any atom is -0.505 e. The molecule has 1 amide bonds. The van der Waals surface area contributed by atoms with Crippen molar-refractivity contribution in [3.05, 3.63) is 41.5 Å². The molecular formula is C15H17N3O2. The van der Waals surface area contributed by atoms with E-state index in [-0.39, 0.29) is 17.4 Å². The maximum Gasteiger partial charge on any atom is 0.273 e. The lowest BCUT2D eigenvalue weighted by molar-refractivity contribution is 0.0948. The van der Waals surface area contributed by atoms with Gasteiger partial charge in [-0.3, -0.25) is 9.78 Å². The van der Waals surface area contributed by atoms with Crippen LogP contribution in [-0.2, 0) is 0 Å². The average molecular weight is 271 g/mol. The van der Waals surface area contributed by atoms with Crippen LogP contribution in [0.1, 0.15) is 28.7 Å². The number of carbonyl (C=O) groups is 1. The molecule has 0 aliphatic rings. The zero-order valence-electron chi connectivity index (χ0n) is 11.8. The molecule has 0 aliphatic carbocycles. The van der Waals surface area contributed by atoms with E-state index in [1.165, 1.54) is 0 Å². The largest absolute Gasteiger partial charge is 0.505 e. The van der Waals surface area contributed by atoms with Crippen molar-refractivity contribution in [1.82, 2.24) is 15.3 Å². The second kappa shape index (κ2) is 5.69. The van der Waals surface area contributed by atoms with E-state index in [4.69, 9.17) is 0 Å². The first-order valence-corrected chi connectivity index (χ1v) is 6.44. The molecule has 2 heterocycles. The van der Waals surface area contributed by atoms with Gasteiger partial charge in [-0.1, -0.05) is 6.07 Å². The zero-order chi connectivity index (χ0) is 14.7. The summed E-state index contributed by atoms with van der Waals surface area (Å²) in [4.78, 5) is 20.1. The monoisotopic (exact) mass is 271 g/mol. The first-order chi connectivity index (χ1) is 9.54. The highest BCUT2D eigenvalue weighted by Crippen LogP contribution is 2.30. The Balaban J connectivity index is 2.45. The number of aromatic hydroxyl groups is 1. The molecule has 0 aromatic carbocycles. The van der Waals surface area contributed by atoms with E-state index >= 15 is 0 Å². The zero-order valence-corrected chi connectivity index (χ0v) is 11.8. The molecule has 2 aromatic heterocycles. The standard InChI is InChI=1S/C15H17N3O2/c1-4-16-15(20)13-14(19)10(3)12(8-18-13)11-6-5-9(2)17-7-11/h5-8,19H,4H2,1-3H3,(H,16,20). The summed E-state index contributed by atoms with van der Waals surface area (Å²) >= 11 is 0. The van der Waals surface area contributed by atoms with Crippen LogP contribution in [0.15, 0.2) is 24.5 Å². The summed E-state index contributed by atoms with van der Waals surface area (Å²) in [6.07, 6.45) is 3.32. The van der Waals surface area contributed by atoms with Gasteiger partial charge in [0.25, 0.3) is 5.91 Å². The molecule has 0 spiro atoms. The number of amides is 1. The van der Waals surface area contributed by atoms with Crippen molar-refractivity contribution in [2.24, 2.45) is 0 Å². The van der Waals surface area contributed by atoms with Crippen LogP contribution in [0.25, 0.3) is 11.1 Å². The second-order valence-electron chi connectivity index (χ2n) is 4.54. The Morgan fingerprint density at radius 2 is 2.00 bits per heavy atom. The topological polar surface area (TPSA) is 75.1 Å². The Labute approximate surface area is 117 Å². The molecule has 2 rings (SSSR count). The van der Waals surface area contributed by atoms with Crippen LogP contribution in [0.2, 0.25) is 0 Å². The molecule has 0 fully saturated rings. The first-order valence-electron chi connectivity index (χ1n) is 6.44. The van der Waals surface area contributed by atoms with Crippen molar-refractivity contribution >= 4 is 5.91 Å². The summed E-state index contributed by atoms with van der Waals surface area (Å²) in [5, 5.41) is 12.8. The van der Waals surface area contributed by atoms with Gasteiger partial charge in [0, 0.05) is 41.3 Å². The van der Waals surface area contributed by atoms with E-state index in [9.17, 15) is 9.90 Å². The van der Waals surface area contributed by atoms with Gasteiger partial charge >= 0.3 is 0 Å². The Bertz CT molecular complexity index is 636. The highest BCUT2D eigenvalue weighted by atomic mass is 16.3. The minimum absolute atomic E-state index is 0.0492. The lowest BCUT2D eigenvalue weighted by atomic mass is 10.0. The Hall–Kier alpha value is -2.43. The molecule has 0 radical (unpaired) electrons. The highest BCUT2D eigenvalue weighted by Gasteiger charge is 2.17. The van der Waals surface area contributed by atoms with Crippen LogP contribution >= 0.6 is 0 Å². The number of rotatable bonds is 3. The summed E-state index contributed by atoms with van der Waals surface area (Å²) < 4.78 is 0. The molecule has 0 aliphatic heterocycles. The normalized spacial score (nSPS) is 10.3. The molecule has 2 aromatic rings. The molecule has 0 unspecified atom stereocenters. The van der Waals surface area contributed by atoms with E-state index in [2.05, 4.69) is 15.3 Å². The predicted octanol–water partition coefficient (Wildman–Crippen LogP) is 2.22. The maximum atomic E-state index is 11.8. The average Bonchev–Trinajstić information content (AvgIpc) is 2.43. The molecule has 5 heteroatoms. The number of pyridine rings is 2. The Morgan fingerprint density at radius 1 is 1.25 bits per heavy atom. The van der Waals surface area contributed by atoms with Crippen molar-refractivity contribution in [2.45, 2.75) is 20.8 Å². The molecule has 2 N–H and O–H groups in total. The quantitative estimate of drug-likeness (QED) is 0.897. The molecule has 0 bridgehead atoms. The van der Waals surface area contributed by atoms with Crippen LogP contribution in [0.3, 0.4) is 0 Å². The second-order valence-corrected chi connectivity index (χ2v) is 4.54. The van der Waals surface area contributed by atoms with Crippen LogP contribution < -0.4 is 5.32 Å². The molecule has 0 saturated carbocycles. The predicted molar refractivity (Wildman–Crippen MR) is 76.6 cm³/mol. The fraction of sp³-hybridized carbons (Fsp3) is 0.267. The smallest absolute Gasteiger partial charge is 0.273 e. The molecule has 5 nitrogen and oxygen atoms in total. The number of carbonyl (C=O) groups excluding carboxylic acids is 1. The van der Waals surface area contributed by atoms with Gasteiger partial charge in [0.2, 0.25) is 0 Å². The van der Waals surface area contributed by atoms with Crippen LogP contribution in [0.4, 0.5) is 0 Å². The molecular weight excluding hydrogens is 254 g/mol. The third-order valence-electron chi connectivity index (χ3n) is 3.08. The van der Waals surface area contributed by atoms with Gasteiger partial charge in [0.15, 0.2) is 5.69 Å². The van der Waals surface area contributed by atoms with E-state index < -0.39 is 0 Å². The summed E-state index contributed by atoms with van der Waals surface area (Å²) in [5.41, 5.74) is 3.21. The fourth-order valence-electron chi connectivity index (χ4n) is 1.92. The molecule has 104 valence electrons. The highest BCUT2D eigenvalue weighted by molar-refractivity contribution is 5.96. The van der Waals surface area contributed by atoms with Gasteiger partial charge in [-0.25, -0.2) is 4.98 Å². The van der Waals surface area contributed by atoms with E-state index in [1.54, 1.807) is 19.3 Å². The van der Waals surface area contributed by atoms with Gasteiger partial charge < -0.3 is 10.4 Å². The van der Waals surface area contributed by atoms with Gasteiger partial charge in [-0.05, 0) is 26.8 Å². The van der Waals surface area contributed by atoms with Crippen molar-refractivity contribution in [3.63, 3.8) is 0 Å². The molecule has 0 atom stereocenters. The third-order valence-corrected chi connectivity index (χ3v) is 3.08. The van der Waals surface area contributed by atoms with Crippen molar-refractivity contribution in [1.29, 1.82) is 0 Å². The van der Waals surface area contributed by atoms with E-state index in [1.807, 2.05) is 26.0 Å². The summed E-state index contributed by atoms with van der Waals surface area (Å²) in [5.74, 6) is -0.462. The van der Waals surface area contributed by atoms with Crippen molar-refractivity contribution in [2.75, 3.05) is 6.54 Å². The third kappa shape index (κ3) is 2.61. The van der Waals surface area contributed by atoms with Gasteiger partial charge in [0.05, 0.1) is 0 Å².